The average Bonchev–Trinajstić information content (AvgIpc) is 3.45. The van der Waals surface area contributed by atoms with Crippen LogP contribution in [-0.2, 0) is 5.41 Å². The van der Waals surface area contributed by atoms with Gasteiger partial charge in [-0.25, -0.2) is 4.98 Å². The highest BCUT2D eigenvalue weighted by atomic mass is 32.2. The summed E-state index contributed by atoms with van der Waals surface area (Å²) in [6, 6.07) is 46.8. The summed E-state index contributed by atoms with van der Waals surface area (Å²) in [5.41, 5.74) is 6.61. The Bertz CT molecular complexity index is 2370. The topological polar surface area (TPSA) is 43.6 Å². The molecule has 0 spiro atoms. The van der Waals surface area contributed by atoms with Crippen molar-refractivity contribution in [2.24, 2.45) is 0 Å². The van der Waals surface area contributed by atoms with Gasteiger partial charge in [-0.3, -0.25) is 4.57 Å². The predicted octanol–water partition coefficient (Wildman–Crippen LogP) is 10.2. The van der Waals surface area contributed by atoms with Crippen molar-refractivity contribution < 1.29 is 0 Å². The van der Waals surface area contributed by atoms with Crippen LogP contribution in [0.25, 0.3) is 61.3 Å². The van der Waals surface area contributed by atoms with Crippen molar-refractivity contribution in [1.29, 1.82) is 0 Å². The Morgan fingerprint density at radius 2 is 1.11 bits per heavy atom. The molecule has 0 saturated heterocycles. The molecule has 8 aromatic rings. The smallest absolute Gasteiger partial charge is 0.238 e. The summed E-state index contributed by atoms with van der Waals surface area (Å²) in [6.07, 6.45) is 0. The maximum atomic E-state index is 5.21. The second kappa shape index (κ2) is 9.88. The lowest BCUT2D eigenvalue weighted by Gasteiger charge is -2.36. The molecule has 0 aliphatic carbocycles. The molecule has 2 aromatic heterocycles. The minimum Gasteiger partial charge on any atom is -0.277 e. The largest absolute Gasteiger partial charge is 0.277 e. The maximum Gasteiger partial charge on any atom is 0.238 e. The molecule has 1 aliphatic heterocycles. The summed E-state index contributed by atoms with van der Waals surface area (Å²) in [7, 11) is 0. The molecular formula is C40H28N4S. The molecule has 45 heavy (non-hydrogen) atoms. The van der Waals surface area contributed by atoms with Crippen molar-refractivity contribution in [1.82, 2.24) is 19.5 Å². The third-order valence-electron chi connectivity index (χ3n) is 9.07. The zero-order valence-electron chi connectivity index (χ0n) is 24.9. The molecular weight excluding hydrogens is 569 g/mol. The van der Waals surface area contributed by atoms with Crippen LogP contribution in [0.3, 0.4) is 0 Å². The van der Waals surface area contributed by atoms with E-state index < -0.39 is 0 Å². The Balaban J connectivity index is 1.47. The Kier molecular flexibility index (Phi) is 5.74. The minimum absolute atomic E-state index is 0.213. The van der Waals surface area contributed by atoms with E-state index in [-0.39, 0.29) is 5.41 Å². The fourth-order valence-electron chi connectivity index (χ4n) is 7.03. The van der Waals surface area contributed by atoms with Gasteiger partial charge in [-0.15, -0.1) is 0 Å². The van der Waals surface area contributed by atoms with Gasteiger partial charge in [0.15, 0.2) is 11.6 Å². The van der Waals surface area contributed by atoms with Gasteiger partial charge in [-0.1, -0.05) is 147 Å². The lowest BCUT2D eigenvalue weighted by Crippen LogP contribution is -2.24. The van der Waals surface area contributed by atoms with Crippen molar-refractivity contribution in [2.45, 2.75) is 29.1 Å². The van der Waals surface area contributed by atoms with Crippen molar-refractivity contribution in [3.63, 3.8) is 0 Å². The first-order chi connectivity index (χ1) is 22.1. The first kappa shape index (κ1) is 26.2. The Hall–Kier alpha value is -5.26. The molecule has 0 fully saturated rings. The molecule has 9 rings (SSSR count). The quantitative estimate of drug-likeness (QED) is 0.204. The molecule has 0 N–H and O–H groups in total. The van der Waals surface area contributed by atoms with Crippen LogP contribution in [0.4, 0.5) is 0 Å². The van der Waals surface area contributed by atoms with Crippen LogP contribution in [0.15, 0.2) is 143 Å². The molecule has 4 nitrogen and oxygen atoms in total. The summed E-state index contributed by atoms with van der Waals surface area (Å²) in [5, 5.41) is 4.95. The average molecular weight is 597 g/mol. The van der Waals surface area contributed by atoms with Crippen LogP contribution in [0.5, 0.6) is 0 Å². The monoisotopic (exact) mass is 596 g/mol. The van der Waals surface area contributed by atoms with Gasteiger partial charge in [-0.05, 0) is 34.0 Å². The first-order valence-corrected chi connectivity index (χ1v) is 16.0. The van der Waals surface area contributed by atoms with Crippen LogP contribution in [0, 0.1) is 0 Å². The van der Waals surface area contributed by atoms with Crippen LogP contribution in [0.1, 0.15) is 25.0 Å². The number of rotatable bonds is 3. The number of benzene rings is 6. The van der Waals surface area contributed by atoms with Gasteiger partial charge in [0, 0.05) is 37.1 Å². The molecule has 1 aliphatic rings. The third kappa shape index (κ3) is 3.90. The molecule has 0 bridgehead atoms. The van der Waals surface area contributed by atoms with Gasteiger partial charge in [-0.2, -0.15) is 9.97 Å². The number of hydrogen-bond acceptors (Lipinski definition) is 4. The van der Waals surface area contributed by atoms with Gasteiger partial charge >= 0.3 is 0 Å². The zero-order valence-corrected chi connectivity index (χ0v) is 25.7. The van der Waals surface area contributed by atoms with E-state index in [1.807, 2.05) is 48.2 Å². The molecule has 0 amide bonds. The van der Waals surface area contributed by atoms with Crippen molar-refractivity contribution in [3.05, 3.63) is 145 Å². The summed E-state index contributed by atoms with van der Waals surface area (Å²) >= 11 is 1.86. The van der Waals surface area contributed by atoms with E-state index in [0.29, 0.717) is 17.6 Å². The molecule has 5 heteroatoms. The lowest BCUT2D eigenvalue weighted by atomic mass is 9.75. The Morgan fingerprint density at radius 1 is 0.556 bits per heavy atom. The zero-order chi connectivity index (χ0) is 30.1. The number of aromatic nitrogens is 4. The van der Waals surface area contributed by atoms with E-state index in [1.54, 1.807) is 0 Å². The first-order valence-electron chi connectivity index (χ1n) is 15.2. The second-order valence-corrected chi connectivity index (χ2v) is 13.1. The molecule has 0 unspecified atom stereocenters. The number of para-hydroxylation sites is 1. The van der Waals surface area contributed by atoms with Crippen LogP contribution < -0.4 is 0 Å². The van der Waals surface area contributed by atoms with E-state index in [4.69, 9.17) is 15.0 Å². The third-order valence-corrected chi connectivity index (χ3v) is 10.2. The molecule has 214 valence electrons. The number of hydrogen-bond donors (Lipinski definition) is 0. The Labute approximate surface area is 265 Å². The normalized spacial score (nSPS) is 13.6. The fraction of sp³-hybridized carbons (Fsp3) is 0.0750. The van der Waals surface area contributed by atoms with E-state index in [0.717, 1.165) is 22.2 Å². The van der Waals surface area contributed by atoms with Gasteiger partial charge in [0.05, 0.1) is 11.0 Å². The van der Waals surface area contributed by atoms with Gasteiger partial charge in [0.1, 0.15) is 0 Å². The van der Waals surface area contributed by atoms with Crippen LogP contribution in [0.2, 0.25) is 0 Å². The molecule has 6 aromatic carbocycles. The SMILES string of the molecule is CC1(C)c2ccccc2Sc2c1c1ccccc1c1c3ccccc3n(-c3nc(-c4ccccc4)nc(-c4ccccc4)n3)c21. The van der Waals surface area contributed by atoms with E-state index in [2.05, 4.69) is 115 Å². The highest BCUT2D eigenvalue weighted by molar-refractivity contribution is 7.99. The molecule has 3 heterocycles. The van der Waals surface area contributed by atoms with E-state index >= 15 is 0 Å². The van der Waals surface area contributed by atoms with Crippen molar-refractivity contribution >= 4 is 44.3 Å². The summed E-state index contributed by atoms with van der Waals surface area (Å²) in [4.78, 5) is 18.0. The number of fused-ring (bicyclic) bond motifs is 9. The van der Waals surface area contributed by atoms with Gasteiger partial charge in [0.25, 0.3) is 0 Å². The molecule has 0 radical (unpaired) electrons. The van der Waals surface area contributed by atoms with E-state index in [1.165, 1.54) is 42.5 Å². The van der Waals surface area contributed by atoms with Gasteiger partial charge in [0.2, 0.25) is 5.95 Å². The van der Waals surface area contributed by atoms with Crippen LogP contribution >= 0.6 is 11.8 Å². The molecule has 0 saturated carbocycles. The lowest BCUT2D eigenvalue weighted by molar-refractivity contribution is 0.615. The van der Waals surface area contributed by atoms with Gasteiger partial charge < -0.3 is 0 Å². The van der Waals surface area contributed by atoms with E-state index in [9.17, 15) is 0 Å². The second-order valence-electron chi connectivity index (χ2n) is 12.1. The summed E-state index contributed by atoms with van der Waals surface area (Å²) < 4.78 is 2.29. The van der Waals surface area contributed by atoms with Crippen LogP contribution in [-0.4, -0.2) is 19.5 Å². The highest BCUT2D eigenvalue weighted by Crippen LogP contribution is 2.55. The maximum absolute atomic E-state index is 5.21. The summed E-state index contributed by atoms with van der Waals surface area (Å²) in [5.74, 6) is 1.92. The fourth-order valence-corrected chi connectivity index (χ4v) is 8.59. The van der Waals surface area contributed by atoms with Crippen molar-refractivity contribution in [3.8, 4) is 28.7 Å². The van der Waals surface area contributed by atoms with Crippen molar-refractivity contribution in [2.75, 3.05) is 0 Å². The standard InChI is InChI=1S/C40H28N4S/c1-40(2)30-22-12-14-24-32(30)45-36-34(40)28-20-10-9-19-27(28)33-29-21-11-13-23-31(29)44(35(33)36)39-42-37(25-15-5-3-6-16-25)41-38(43-39)26-17-7-4-8-18-26/h3-24H,1-2H3. The minimum atomic E-state index is -0.213. The number of nitrogens with zero attached hydrogens (tertiary/aromatic N) is 4. The highest BCUT2D eigenvalue weighted by Gasteiger charge is 2.37. The molecule has 0 atom stereocenters. The Morgan fingerprint density at radius 3 is 1.80 bits per heavy atom. The predicted molar refractivity (Wildman–Crippen MR) is 185 cm³/mol. The summed E-state index contributed by atoms with van der Waals surface area (Å²) in [6.45, 7) is 4.72.